The van der Waals surface area contributed by atoms with E-state index in [1.54, 1.807) is 12.1 Å². The van der Waals surface area contributed by atoms with Crippen LogP contribution in [0.5, 0.6) is 5.75 Å². The number of phenolic OH excluding ortho intramolecular Hbond substituents is 1. The van der Waals surface area contributed by atoms with Gasteiger partial charge < -0.3 is 21.3 Å². The van der Waals surface area contributed by atoms with E-state index in [0.717, 1.165) is 11.8 Å². The lowest BCUT2D eigenvalue weighted by atomic mass is 10.3. The van der Waals surface area contributed by atoms with Crippen molar-refractivity contribution in [3.8, 4) is 5.75 Å². The molecule has 98 valence electrons. The summed E-state index contributed by atoms with van der Waals surface area (Å²) >= 11 is 1.12. The van der Waals surface area contributed by atoms with Gasteiger partial charge in [-0.25, -0.2) is 0 Å². The topological polar surface area (TPSA) is 113 Å². The Kier molecular flexibility index (Phi) is 4.99. The zero-order chi connectivity index (χ0) is 13.7. The first-order valence-corrected chi connectivity index (χ1v) is 6.10. The molecule has 0 saturated carbocycles. The third-order valence-corrected chi connectivity index (χ3v) is 3.18. The molecule has 1 unspecified atom stereocenters. The van der Waals surface area contributed by atoms with E-state index in [1.165, 1.54) is 13.0 Å². The fourth-order valence-electron chi connectivity index (χ4n) is 1.16. The normalized spacial score (nSPS) is 11.9. The van der Waals surface area contributed by atoms with Crippen LogP contribution in [0.1, 0.15) is 6.92 Å². The van der Waals surface area contributed by atoms with E-state index in [-0.39, 0.29) is 17.4 Å². The van der Waals surface area contributed by atoms with Crippen molar-refractivity contribution < 1.29 is 19.8 Å². The maximum atomic E-state index is 10.9. The van der Waals surface area contributed by atoms with Crippen molar-refractivity contribution in [3.63, 3.8) is 0 Å². The number of anilines is 1. The van der Waals surface area contributed by atoms with Crippen LogP contribution in [0.15, 0.2) is 23.1 Å². The molecule has 1 rings (SSSR count). The summed E-state index contributed by atoms with van der Waals surface area (Å²) in [5.74, 6) is -1.17. The van der Waals surface area contributed by atoms with Crippen LogP contribution in [-0.4, -0.2) is 33.9 Å². The number of nitrogens with two attached hydrogens (primary N) is 1. The van der Waals surface area contributed by atoms with E-state index in [0.29, 0.717) is 10.6 Å². The number of rotatable bonds is 5. The zero-order valence-electron chi connectivity index (χ0n) is 9.71. The molecule has 0 heterocycles. The molecule has 0 aliphatic heterocycles. The van der Waals surface area contributed by atoms with E-state index in [1.807, 2.05) is 0 Å². The van der Waals surface area contributed by atoms with Crippen molar-refractivity contribution in [1.82, 2.24) is 0 Å². The summed E-state index contributed by atoms with van der Waals surface area (Å²) in [4.78, 5) is 21.9. The SMILES string of the molecule is CC(=O)Nc1ccc(O)c(SCC(N)C(=O)O)c1. The molecule has 1 aromatic carbocycles. The number of hydrogen-bond donors (Lipinski definition) is 4. The van der Waals surface area contributed by atoms with Gasteiger partial charge in [-0.05, 0) is 18.2 Å². The number of carbonyl (C=O) groups is 2. The Bertz CT molecular complexity index is 464. The molecule has 0 spiro atoms. The highest BCUT2D eigenvalue weighted by Crippen LogP contribution is 2.31. The molecule has 0 aromatic heterocycles. The van der Waals surface area contributed by atoms with Gasteiger partial charge in [0.25, 0.3) is 0 Å². The van der Waals surface area contributed by atoms with Gasteiger partial charge in [0.1, 0.15) is 11.8 Å². The average Bonchev–Trinajstić information content (AvgIpc) is 2.28. The summed E-state index contributed by atoms with van der Waals surface area (Å²) < 4.78 is 0. The largest absolute Gasteiger partial charge is 0.507 e. The predicted molar refractivity (Wildman–Crippen MR) is 68.7 cm³/mol. The molecule has 1 aromatic rings. The van der Waals surface area contributed by atoms with Gasteiger partial charge in [0.15, 0.2) is 0 Å². The van der Waals surface area contributed by atoms with E-state index in [9.17, 15) is 14.7 Å². The molecule has 1 amide bonds. The minimum Gasteiger partial charge on any atom is -0.507 e. The van der Waals surface area contributed by atoms with Crippen molar-refractivity contribution in [2.75, 3.05) is 11.1 Å². The Balaban J connectivity index is 2.75. The molecule has 0 aliphatic rings. The first-order valence-electron chi connectivity index (χ1n) is 5.12. The number of phenols is 1. The molecule has 0 bridgehead atoms. The number of aliphatic carboxylic acids is 1. The summed E-state index contributed by atoms with van der Waals surface area (Å²) in [6.45, 7) is 1.38. The van der Waals surface area contributed by atoms with Crippen molar-refractivity contribution in [1.29, 1.82) is 0 Å². The van der Waals surface area contributed by atoms with Gasteiger partial charge in [-0.2, -0.15) is 0 Å². The molecule has 0 radical (unpaired) electrons. The highest BCUT2D eigenvalue weighted by molar-refractivity contribution is 7.99. The number of thioether (sulfide) groups is 1. The van der Waals surface area contributed by atoms with Gasteiger partial charge in [0.05, 0.1) is 4.90 Å². The van der Waals surface area contributed by atoms with Crippen molar-refractivity contribution in [2.24, 2.45) is 5.73 Å². The molecule has 0 saturated heterocycles. The summed E-state index contributed by atoms with van der Waals surface area (Å²) in [7, 11) is 0. The van der Waals surface area contributed by atoms with Gasteiger partial charge >= 0.3 is 5.97 Å². The van der Waals surface area contributed by atoms with Crippen molar-refractivity contribution in [3.05, 3.63) is 18.2 Å². The van der Waals surface area contributed by atoms with Gasteiger partial charge in [-0.3, -0.25) is 9.59 Å². The minimum atomic E-state index is -1.10. The molecular formula is C11H14N2O4S. The Labute approximate surface area is 108 Å². The molecule has 0 fully saturated rings. The van der Waals surface area contributed by atoms with Gasteiger partial charge in [-0.15, -0.1) is 11.8 Å². The van der Waals surface area contributed by atoms with Crippen molar-refractivity contribution >= 4 is 29.3 Å². The van der Waals surface area contributed by atoms with Crippen LogP contribution in [-0.2, 0) is 9.59 Å². The lowest BCUT2D eigenvalue weighted by Crippen LogP contribution is -2.32. The standard InChI is InChI=1S/C11H14N2O4S/c1-6(14)13-7-2-3-9(15)10(4-7)18-5-8(12)11(16)17/h2-4,8,15H,5,12H2,1H3,(H,13,14)(H,16,17). The second-order valence-electron chi connectivity index (χ2n) is 3.62. The Morgan fingerprint density at radius 2 is 2.17 bits per heavy atom. The van der Waals surface area contributed by atoms with E-state index < -0.39 is 12.0 Å². The Hall–Kier alpha value is -1.73. The van der Waals surface area contributed by atoms with Crippen LogP contribution in [0.4, 0.5) is 5.69 Å². The maximum Gasteiger partial charge on any atom is 0.321 e. The molecule has 1 atom stereocenters. The first kappa shape index (κ1) is 14.3. The first-order chi connectivity index (χ1) is 8.40. The summed E-state index contributed by atoms with van der Waals surface area (Å²) in [5.41, 5.74) is 5.90. The lowest BCUT2D eigenvalue weighted by molar-refractivity contribution is -0.137. The fourth-order valence-corrected chi connectivity index (χ4v) is 2.09. The van der Waals surface area contributed by atoms with E-state index in [2.05, 4.69) is 5.32 Å². The summed E-state index contributed by atoms with van der Waals surface area (Å²) in [6.07, 6.45) is 0. The second-order valence-corrected chi connectivity index (χ2v) is 4.68. The quantitative estimate of drug-likeness (QED) is 0.466. The number of carbonyl (C=O) groups excluding carboxylic acids is 1. The lowest BCUT2D eigenvalue weighted by Gasteiger charge is -2.09. The smallest absolute Gasteiger partial charge is 0.321 e. The van der Waals surface area contributed by atoms with Gasteiger partial charge in [0.2, 0.25) is 5.91 Å². The van der Waals surface area contributed by atoms with Crippen LogP contribution >= 0.6 is 11.8 Å². The average molecular weight is 270 g/mol. The van der Waals surface area contributed by atoms with E-state index >= 15 is 0 Å². The maximum absolute atomic E-state index is 10.9. The summed E-state index contributed by atoms with van der Waals surface area (Å²) in [5, 5.41) is 20.8. The monoisotopic (exact) mass is 270 g/mol. The number of carboxylic acids is 1. The minimum absolute atomic E-state index is 0.0201. The van der Waals surface area contributed by atoms with Crippen LogP contribution < -0.4 is 11.1 Å². The molecule has 5 N–H and O–H groups in total. The number of benzene rings is 1. The second kappa shape index (κ2) is 6.27. The number of nitrogens with one attached hydrogen (secondary N) is 1. The molecule has 18 heavy (non-hydrogen) atoms. The van der Waals surface area contributed by atoms with Gasteiger partial charge in [0, 0.05) is 18.4 Å². The Morgan fingerprint density at radius 3 is 2.72 bits per heavy atom. The van der Waals surface area contributed by atoms with Crippen molar-refractivity contribution in [2.45, 2.75) is 17.9 Å². The number of amides is 1. The third-order valence-electron chi connectivity index (χ3n) is 2.02. The molecule has 0 aliphatic carbocycles. The van der Waals surface area contributed by atoms with E-state index in [4.69, 9.17) is 10.8 Å². The van der Waals surface area contributed by atoms with Crippen LogP contribution in [0.25, 0.3) is 0 Å². The fraction of sp³-hybridized carbons (Fsp3) is 0.273. The molecule has 6 nitrogen and oxygen atoms in total. The van der Waals surface area contributed by atoms with Crippen LogP contribution in [0.3, 0.4) is 0 Å². The highest BCUT2D eigenvalue weighted by Gasteiger charge is 2.13. The van der Waals surface area contributed by atoms with Crippen LogP contribution in [0, 0.1) is 0 Å². The number of carboxylic acid groups (broad SMARTS) is 1. The summed E-state index contributed by atoms with van der Waals surface area (Å²) in [6, 6.07) is 3.55. The molecule has 7 heteroatoms. The molecular weight excluding hydrogens is 256 g/mol. The predicted octanol–water partition coefficient (Wildman–Crippen LogP) is 0.855. The Morgan fingerprint density at radius 1 is 1.50 bits per heavy atom. The third kappa shape index (κ3) is 4.27. The number of aromatic hydroxyl groups is 1. The van der Waals surface area contributed by atoms with Crippen LogP contribution in [0.2, 0.25) is 0 Å². The van der Waals surface area contributed by atoms with Gasteiger partial charge in [-0.1, -0.05) is 0 Å². The highest BCUT2D eigenvalue weighted by atomic mass is 32.2. The zero-order valence-corrected chi connectivity index (χ0v) is 10.5. The number of hydrogen-bond acceptors (Lipinski definition) is 5.